The van der Waals surface area contributed by atoms with Crippen LogP contribution in [0.1, 0.15) is 30.6 Å². The summed E-state index contributed by atoms with van der Waals surface area (Å²) in [6, 6.07) is 12.2. The molecule has 0 spiro atoms. The molecule has 0 aliphatic rings. The maximum atomic E-state index is 13.2. The Kier molecular flexibility index (Phi) is 8.65. The molecule has 2 aromatic carbocycles. The molecule has 1 N–H and O–H groups in total. The lowest BCUT2D eigenvalue weighted by Crippen LogP contribution is -2.35. The Morgan fingerprint density at radius 2 is 1.90 bits per heavy atom. The van der Waals surface area contributed by atoms with E-state index in [0.717, 1.165) is 16.8 Å². The minimum Gasteiger partial charge on any atom is -0.452 e. The van der Waals surface area contributed by atoms with Crippen LogP contribution < -0.4 is 9.62 Å². The fourth-order valence-corrected chi connectivity index (χ4v) is 4.29. The van der Waals surface area contributed by atoms with E-state index in [1.54, 1.807) is 30.3 Å². The minimum atomic E-state index is -4.02. The molecule has 1 atom stereocenters. The number of nitrogens with zero attached hydrogens (tertiary/aromatic N) is 1. The molecule has 31 heavy (non-hydrogen) atoms. The van der Waals surface area contributed by atoms with Gasteiger partial charge in [0, 0.05) is 6.04 Å². The van der Waals surface area contributed by atoms with Gasteiger partial charge in [0.05, 0.1) is 27.7 Å². The normalized spacial score (nSPS) is 12.0. The lowest BCUT2D eigenvalue weighted by molar-refractivity contribution is -0.124. The summed E-state index contributed by atoms with van der Waals surface area (Å²) in [6.45, 7) is 6.89. The number of sulfonamides is 1. The zero-order valence-electron chi connectivity index (χ0n) is 17.4. The van der Waals surface area contributed by atoms with Crippen LogP contribution in [0.25, 0.3) is 0 Å². The van der Waals surface area contributed by atoms with Crippen LogP contribution in [-0.4, -0.2) is 39.5 Å². The fourth-order valence-electron chi connectivity index (χ4n) is 2.63. The fraction of sp³-hybridized carbons (Fsp3) is 0.273. The molecule has 7 nitrogen and oxygen atoms in total. The first-order valence-electron chi connectivity index (χ1n) is 9.65. The monoisotopic (exact) mass is 464 g/mol. The molecule has 166 valence electrons. The van der Waals surface area contributed by atoms with Crippen LogP contribution in [0.2, 0.25) is 5.02 Å². The Hall–Kier alpha value is -2.84. The number of halogens is 1. The third-order valence-electron chi connectivity index (χ3n) is 4.44. The van der Waals surface area contributed by atoms with E-state index in [1.165, 1.54) is 18.2 Å². The number of para-hydroxylation sites is 1. The summed E-state index contributed by atoms with van der Waals surface area (Å²) in [5.74, 6) is -1.35. The van der Waals surface area contributed by atoms with Crippen molar-refractivity contribution in [1.29, 1.82) is 0 Å². The highest BCUT2D eigenvalue weighted by Crippen LogP contribution is 2.27. The van der Waals surface area contributed by atoms with E-state index >= 15 is 0 Å². The number of carbonyl (C=O) groups is 2. The van der Waals surface area contributed by atoms with E-state index in [9.17, 15) is 18.0 Å². The van der Waals surface area contributed by atoms with Gasteiger partial charge in [-0.2, -0.15) is 0 Å². The van der Waals surface area contributed by atoms with E-state index in [1.807, 2.05) is 13.8 Å². The molecule has 0 saturated heterocycles. The molecule has 0 saturated carbocycles. The highest BCUT2D eigenvalue weighted by atomic mass is 35.5. The highest BCUT2D eigenvalue weighted by molar-refractivity contribution is 7.92. The van der Waals surface area contributed by atoms with Crippen molar-refractivity contribution in [3.05, 3.63) is 71.8 Å². The molecule has 0 aliphatic heterocycles. The SMILES string of the molecule is C=CCN(c1ccccc1)S(=O)(=O)c1ccc(Cl)c(C(=O)OCC(=O)N[C@@H](C)CC)c1. The summed E-state index contributed by atoms with van der Waals surface area (Å²) in [7, 11) is -4.02. The van der Waals surface area contributed by atoms with Crippen LogP contribution in [-0.2, 0) is 19.6 Å². The van der Waals surface area contributed by atoms with Gasteiger partial charge in [0.25, 0.3) is 15.9 Å². The summed E-state index contributed by atoms with van der Waals surface area (Å²) in [5.41, 5.74) is 0.300. The average Bonchev–Trinajstić information content (AvgIpc) is 2.76. The summed E-state index contributed by atoms with van der Waals surface area (Å²) >= 11 is 6.10. The van der Waals surface area contributed by atoms with Gasteiger partial charge in [-0.1, -0.05) is 42.8 Å². The zero-order valence-corrected chi connectivity index (χ0v) is 18.9. The molecular formula is C22H25ClN2O5S. The first-order chi connectivity index (χ1) is 14.7. The molecule has 0 radical (unpaired) electrons. The van der Waals surface area contributed by atoms with Crippen molar-refractivity contribution in [2.75, 3.05) is 17.5 Å². The summed E-state index contributed by atoms with van der Waals surface area (Å²) < 4.78 is 32.7. The topological polar surface area (TPSA) is 92.8 Å². The predicted octanol–water partition coefficient (Wildman–Crippen LogP) is 3.79. The van der Waals surface area contributed by atoms with E-state index in [0.29, 0.717) is 5.69 Å². The van der Waals surface area contributed by atoms with Gasteiger partial charge in [0.1, 0.15) is 0 Å². The van der Waals surface area contributed by atoms with Crippen molar-refractivity contribution in [2.45, 2.75) is 31.2 Å². The number of nitrogens with one attached hydrogen (secondary N) is 1. The van der Waals surface area contributed by atoms with Gasteiger partial charge in [-0.15, -0.1) is 6.58 Å². The average molecular weight is 465 g/mol. The van der Waals surface area contributed by atoms with E-state index in [2.05, 4.69) is 11.9 Å². The number of esters is 1. The van der Waals surface area contributed by atoms with Crippen molar-refractivity contribution in [3.8, 4) is 0 Å². The van der Waals surface area contributed by atoms with Gasteiger partial charge in [0.15, 0.2) is 6.61 Å². The number of anilines is 1. The number of ether oxygens (including phenoxy) is 1. The summed E-state index contributed by atoms with van der Waals surface area (Å²) in [4.78, 5) is 24.2. The van der Waals surface area contributed by atoms with E-state index in [4.69, 9.17) is 16.3 Å². The quantitative estimate of drug-likeness (QED) is 0.426. The van der Waals surface area contributed by atoms with Gasteiger partial charge in [-0.25, -0.2) is 13.2 Å². The maximum Gasteiger partial charge on any atom is 0.340 e. The number of amides is 1. The van der Waals surface area contributed by atoms with Crippen molar-refractivity contribution < 1.29 is 22.7 Å². The van der Waals surface area contributed by atoms with Gasteiger partial charge in [0.2, 0.25) is 0 Å². The largest absolute Gasteiger partial charge is 0.452 e. The molecule has 0 bridgehead atoms. The third kappa shape index (κ3) is 6.32. The minimum absolute atomic E-state index is 0.0151. The Bertz CT molecular complexity index is 1040. The second-order valence-corrected chi connectivity index (χ2v) is 9.02. The Morgan fingerprint density at radius 1 is 1.23 bits per heavy atom. The first kappa shape index (κ1) is 24.4. The van der Waals surface area contributed by atoms with Gasteiger partial charge in [-0.05, 0) is 43.7 Å². The summed E-state index contributed by atoms with van der Waals surface area (Å²) in [5, 5.41) is 2.69. The van der Waals surface area contributed by atoms with Gasteiger partial charge >= 0.3 is 5.97 Å². The Labute approximate surface area is 187 Å². The number of rotatable bonds is 10. The molecule has 9 heteroatoms. The number of carbonyl (C=O) groups excluding carboxylic acids is 2. The second kappa shape index (κ2) is 11.0. The Balaban J connectivity index is 2.29. The van der Waals surface area contributed by atoms with Crippen molar-refractivity contribution in [1.82, 2.24) is 5.32 Å². The standard InChI is InChI=1S/C22H25ClN2O5S/c1-4-13-25(17-9-7-6-8-10-17)31(28,29)18-11-12-20(23)19(14-18)22(27)30-15-21(26)24-16(3)5-2/h4,6-12,14,16H,1,5,13,15H2,2-3H3,(H,24,26)/t16-/m0/s1. The summed E-state index contributed by atoms with van der Waals surface area (Å²) in [6.07, 6.45) is 2.19. The van der Waals surface area contributed by atoms with Crippen molar-refractivity contribution in [2.24, 2.45) is 0 Å². The van der Waals surface area contributed by atoms with E-state index in [-0.39, 0.29) is 28.1 Å². The van der Waals surface area contributed by atoms with Crippen LogP contribution in [0.4, 0.5) is 5.69 Å². The molecule has 1 amide bonds. The predicted molar refractivity (Wildman–Crippen MR) is 121 cm³/mol. The molecule has 0 aliphatic carbocycles. The van der Waals surface area contributed by atoms with E-state index < -0.39 is 28.5 Å². The third-order valence-corrected chi connectivity index (χ3v) is 6.56. The lowest BCUT2D eigenvalue weighted by atomic mass is 10.2. The number of benzene rings is 2. The van der Waals surface area contributed by atoms with Crippen LogP contribution in [0.3, 0.4) is 0 Å². The van der Waals surface area contributed by atoms with Crippen LogP contribution >= 0.6 is 11.6 Å². The molecule has 0 heterocycles. The number of hydrogen-bond acceptors (Lipinski definition) is 5. The molecule has 2 aromatic rings. The molecule has 0 fully saturated rings. The second-order valence-electron chi connectivity index (χ2n) is 6.75. The van der Waals surface area contributed by atoms with Crippen molar-refractivity contribution >= 4 is 39.2 Å². The smallest absolute Gasteiger partial charge is 0.340 e. The zero-order chi connectivity index (χ0) is 23.0. The molecule has 0 aromatic heterocycles. The van der Waals surface area contributed by atoms with Gasteiger partial charge in [-0.3, -0.25) is 9.10 Å². The molecule has 2 rings (SSSR count). The maximum absolute atomic E-state index is 13.2. The first-order valence-corrected chi connectivity index (χ1v) is 11.5. The van der Waals surface area contributed by atoms with Crippen LogP contribution in [0.15, 0.2) is 66.1 Å². The lowest BCUT2D eigenvalue weighted by Gasteiger charge is -2.23. The van der Waals surface area contributed by atoms with Crippen LogP contribution in [0, 0.1) is 0 Å². The highest BCUT2D eigenvalue weighted by Gasteiger charge is 2.26. The van der Waals surface area contributed by atoms with Crippen LogP contribution in [0.5, 0.6) is 0 Å². The number of hydrogen-bond donors (Lipinski definition) is 1. The van der Waals surface area contributed by atoms with Gasteiger partial charge < -0.3 is 10.1 Å². The molecule has 0 unspecified atom stereocenters. The molecular weight excluding hydrogens is 440 g/mol. The Morgan fingerprint density at radius 3 is 2.52 bits per heavy atom. The van der Waals surface area contributed by atoms with Crippen molar-refractivity contribution in [3.63, 3.8) is 0 Å².